The van der Waals surface area contributed by atoms with Gasteiger partial charge in [0.25, 0.3) is 0 Å². The Morgan fingerprint density at radius 3 is 2.32 bits per heavy atom. The van der Waals surface area contributed by atoms with Crippen LogP contribution in [0.25, 0.3) is 0 Å². The average molecular weight is 446 g/mol. The molecule has 1 saturated heterocycles. The van der Waals surface area contributed by atoms with Crippen molar-refractivity contribution in [3.05, 3.63) is 53.1 Å². The normalized spacial score (nSPS) is 14.1. The number of ether oxygens (including phenoxy) is 2. The summed E-state index contributed by atoms with van der Waals surface area (Å²) in [5.41, 5.74) is 2.34. The molecule has 2 aromatic rings. The maximum Gasteiger partial charge on any atom is 0.238 e. The Kier molecular flexibility index (Phi) is 8.70. The first-order valence-corrected chi connectivity index (χ1v) is 10.8. The van der Waals surface area contributed by atoms with Gasteiger partial charge in [0, 0.05) is 35.9 Å². The Morgan fingerprint density at radius 2 is 1.68 bits per heavy atom. The summed E-state index contributed by atoms with van der Waals surface area (Å²) in [7, 11) is 0. The minimum atomic E-state index is -0.0833. The summed E-state index contributed by atoms with van der Waals surface area (Å²) in [6.45, 7) is 5.57. The Labute approximate surface area is 187 Å². The molecule has 1 aliphatic rings. The highest BCUT2D eigenvalue weighted by Crippen LogP contribution is 2.21. The number of morpholine rings is 1. The number of nitrogens with one attached hydrogen (secondary N) is 2. The Balaban J connectivity index is 1.35. The van der Waals surface area contributed by atoms with E-state index in [0.717, 1.165) is 24.4 Å². The number of nitrogens with zero attached hydrogens (tertiary/aromatic N) is 1. The molecule has 0 aromatic heterocycles. The van der Waals surface area contributed by atoms with Crippen LogP contribution in [0.1, 0.15) is 18.4 Å². The van der Waals surface area contributed by atoms with Crippen molar-refractivity contribution in [3.8, 4) is 5.75 Å². The van der Waals surface area contributed by atoms with Crippen LogP contribution in [0.4, 0.5) is 11.4 Å². The van der Waals surface area contributed by atoms with Gasteiger partial charge in [0.1, 0.15) is 5.75 Å². The molecule has 31 heavy (non-hydrogen) atoms. The fourth-order valence-electron chi connectivity index (χ4n) is 3.15. The molecule has 2 aromatic carbocycles. The first-order chi connectivity index (χ1) is 15.0. The lowest BCUT2D eigenvalue weighted by molar-refractivity contribution is -0.118. The predicted molar refractivity (Wildman–Crippen MR) is 122 cm³/mol. The zero-order valence-electron chi connectivity index (χ0n) is 17.7. The fraction of sp³-hybridized carbons (Fsp3) is 0.391. The summed E-state index contributed by atoms with van der Waals surface area (Å²) in [5.74, 6) is 0.600. The third kappa shape index (κ3) is 7.86. The van der Waals surface area contributed by atoms with E-state index in [1.807, 2.05) is 19.1 Å². The third-order valence-electron chi connectivity index (χ3n) is 4.87. The quantitative estimate of drug-likeness (QED) is 0.575. The molecule has 1 aliphatic heterocycles. The number of carbonyl (C=O) groups is 2. The van der Waals surface area contributed by atoms with Crippen LogP contribution in [-0.2, 0) is 14.3 Å². The van der Waals surface area contributed by atoms with Gasteiger partial charge in [-0.25, -0.2) is 0 Å². The third-order valence-corrected chi connectivity index (χ3v) is 5.29. The molecular weight excluding hydrogens is 418 g/mol. The summed E-state index contributed by atoms with van der Waals surface area (Å²) >= 11 is 6.00. The highest BCUT2D eigenvalue weighted by molar-refractivity contribution is 6.31. The highest BCUT2D eigenvalue weighted by atomic mass is 35.5. The molecule has 0 unspecified atom stereocenters. The molecule has 7 nitrogen and oxygen atoms in total. The summed E-state index contributed by atoms with van der Waals surface area (Å²) < 4.78 is 10.9. The monoisotopic (exact) mass is 445 g/mol. The Hall–Kier alpha value is -2.61. The highest BCUT2D eigenvalue weighted by Gasteiger charge is 2.14. The van der Waals surface area contributed by atoms with E-state index in [9.17, 15) is 9.59 Å². The number of anilines is 2. The van der Waals surface area contributed by atoms with Crippen molar-refractivity contribution in [2.24, 2.45) is 0 Å². The maximum absolute atomic E-state index is 12.1. The Morgan fingerprint density at radius 1 is 1.03 bits per heavy atom. The summed E-state index contributed by atoms with van der Waals surface area (Å²) in [6.07, 6.45) is 0.952. The standard InChI is InChI=1S/C23H28ClN3O4/c1-17-15-20(8-9-21(17)24)31-12-2-3-22(28)25-18-4-6-19(7-5-18)26-23(29)16-27-10-13-30-14-11-27/h4-9,15H,2-3,10-14,16H2,1H3,(H,25,28)(H,26,29). The lowest BCUT2D eigenvalue weighted by Gasteiger charge is -2.25. The van der Waals surface area contributed by atoms with Crippen LogP contribution in [0.3, 0.4) is 0 Å². The molecule has 1 fully saturated rings. The number of hydrogen-bond donors (Lipinski definition) is 2. The Bertz CT molecular complexity index is 883. The number of rotatable bonds is 9. The van der Waals surface area contributed by atoms with Crippen LogP contribution in [-0.4, -0.2) is 56.2 Å². The second-order valence-corrected chi connectivity index (χ2v) is 7.83. The van der Waals surface area contributed by atoms with Gasteiger partial charge in [0.2, 0.25) is 11.8 Å². The minimum absolute atomic E-state index is 0.0606. The van der Waals surface area contributed by atoms with Crippen LogP contribution in [0.15, 0.2) is 42.5 Å². The molecule has 166 valence electrons. The van der Waals surface area contributed by atoms with Crippen molar-refractivity contribution in [2.75, 3.05) is 50.1 Å². The number of aryl methyl sites for hydroxylation is 1. The van der Waals surface area contributed by atoms with Crippen molar-refractivity contribution in [1.82, 2.24) is 4.90 Å². The smallest absolute Gasteiger partial charge is 0.238 e. The molecule has 2 amide bonds. The molecular formula is C23H28ClN3O4. The molecule has 0 bridgehead atoms. The molecule has 3 rings (SSSR count). The maximum atomic E-state index is 12.1. The van der Waals surface area contributed by atoms with Crippen molar-refractivity contribution >= 4 is 34.8 Å². The molecule has 0 atom stereocenters. The van der Waals surface area contributed by atoms with Gasteiger partial charge >= 0.3 is 0 Å². The van der Waals surface area contributed by atoms with Gasteiger partial charge in [-0.15, -0.1) is 0 Å². The van der Waals surface area contributed by atoms with Gasteiger partial charge in [-0.2, -0.15) is 0 Å². The lowest BCUT2D eigenvalue weighted by Crippen LogP contribution is -2.41. The molecule has 1 heterocycles. The number of benzene rings is 2. The van der Waals surface area contributed by atoms with Crippen molar-refractivity contribution in [3.63, 3.8) is 0 Å². The van der Waals surface area contributed by atoms with E-state index >= 15 is 0 Å². The lowest BCUT2D eigenvalue weighted by atomic mass is 10.2. The first-order valence-electron chi connectivity index (χ1n) is 10.4. The van der Waals surface area contributed by atoms with Crippen LogP contribution >= 0.6 is 11.6 Å². The predicted octanol–water partition coefficient (Wildman–Crippen LogP) is 3.72. The van der Waals surface area contributed by atoms with E-state index in [1.165, 1.54) is 0 Å². The van der Waals surface area contributed by atoms with Crippen molar-refractivity contribution in [2.45, 2.75) is 19.8 Å². The molecule has 8 heteroatoms. The SMILES string of the molecule is Cc1cc(OCCCC(=O)Nc2ccc(NC(=O)CN3CCOCC3)cc2)ccc1Cl. The van der Waals surface area contributed by atoms with Crippen LogP contribution in [0.5, 0.6) is 5.75 Å². The number of carbonyl (C=O) groups excluding carboxylic acids is 2. The van der Waals surface area contributed by atoms with Crippen molar-refractivity contribution < 1.29 is 19.1 Å². The van der Waals surface area contributed by atoms with E-state index in [0.29, 0.717) is 55.6 Å². The number of hydrogen-bond acceptors (Lipinski definition) is 5. The second kappa shape index (κ2) is 11.7. The molecule has 0 spiro atoms. The zero-order chi connectivity index (χ0) is 22.1. The van der Waals surface area contributed by atoms with Gasteiger partial charge in [0.05, 0.1) is 26.4 Å². The molecule has 0 saturated carbocycles. The molecule has 2 N–H and O–H groups in total. The number of amides is 2. The van der Waals surface area contributed by atoms with Gasteiger partial charge in [-0.1, -0.05) is 11.6 Å². The van der Waals surface area contributed by atoms with Crippen LogP contribution in [0.2, 0.25) is 5.02 Å². The van der Waals surface area contributed by atoms with E-state index in [4.69, 9.17) is 21.1 Å². The summed E-state index contributed by atoms with van der Waals surface area (Å²) in [6, 6.07) is 12.6. The van der Waals surface area contributed by atoms with Crippen LogP contribution in [0, 0.1) is 6.92 Å². The summed E-state index contributed by atoms with van der Waals surface area (Å²) in [4.78, 5) is 26.3. The average Bonchev–Trinajstić information content (AvgIpc) is 2.76. The van der Waals surface area contributed by atoms with E-state index in [2.05, 4.69) is 15.5 Å². The van der Waals surface area contributed by atoms with Gasteiger partial charge < -0.3 is 20.1 Å². The topological polar surface area (TPSA) is 79.9 Å². The van der Waals surface area contributed by atoms with Crippen LogP contribution < -0.4 is 15.4 Å². The van der Waals surface area contributed by atoms with Gasteiger partial charge in [-0.3, -0.25) is 14.5 Å². The van der Waals surface area contributed by atoms with Crippen molar-refractivity contribution in [1.29, 1.82) is 0 Å². The van der Waals surface area contributed by atoms with E-state index < -0.39 is 0 Å². The van der Waals surface area contributed by atoms with Gasteiger partial charge in [0.15, 0.2) is 0 Å². The minimum Gasteiger partial charge on any atom is -0.494 e. The van der Waals surface area contributed by atoms with E-state index in [-0.39, 0.29) is 11.8 Å². The van der Waals surface area contributed by atoms with Gasteiger partial charge in [-0.05, 0) is 61.4 Å². The first kappa shape index (κ1) is 23.1. The largest absolute Gasteiger partial charge is 0.494 e. The second-order valence-electron chi connectivity index (χ2n) is 7.43. The van der Waals surface area contributed by atoms with E-state index in [1.54, 1.807) is 30.3 Å². The molecule has 0 aliphatic carbocycles. The fourth-order valence-corrected chi connectivity index (χ4v) is 3.27. The number of halogens is 1. The molecule has 0 radical (unpaired) electrons. The summed E-state index contributed by atoms with van der Waals surface area (Å²) in [5, 5.41) is 6.44. The zero-order valence-corrected chi connectivity index (χ0v) is 18.4.